The van der Waals surface area contributed by atoms with Crippen LogP contribution in [0.3, 0.4) is 0 Å². The third-order valence-corrected chi connectivity index (χ3v) is 2.84. The number of nitrogens with zero attached hydrogens (tertiary/aromatic N) is 1. The van der Waals surface area contributed by atoms with Gasteiger partial charge in [0.2, 0.25) is 0 Å². The van der Waals surface area contributed by atoms with Crippen LogP contribution in [0.4, 0.5) is 5.69 Å². The normalized spacial score (nSPS) is 10.1. The topological polar surface area (TPSA) is 74.4 Å². The van der Waals surface area contributed by atoms with Crippen LogP contribution in [-0.4, -0.2) is 24.7 Å². The van der Waals surface area contributed by atoms with Crippen molar-refractivity contribution in [2.75, 3.05) is 19.5 Å². The number of nitrogens with two attached hydrogens (primary N) is 1. The Morgan fingerprint density at radius 3 is 2.70 bits per heavy atom. The highest BCUT2D eigenvalue weighted by Gasteiger charge is 2.10. The fourth-order valence-electron chi connectivity index (χ4n) is 1.73. The number of methoxy groups -OCH3 is 1. The molecule has 104 valence electrons. The molecule has 0 saturated heterocycles. The van der Waals surface area contributed by atoms with Gasteiger partial charge in [0.05, 0.1) is 25.0 Å². The standard InChI is InChI=1S/C15H16N2O3/c1-19-14-10-12(2-3-13(14)16)15(18)20-9-6-11-4-7-17-8-5-11/h2-5,7-8,10H,6,9,16H2,1H3. The fourth-order valence-corrected chi connectivity index (χ4v) is 1.73. The second-order valence-electron chi connectivity index (χ2n) is 4.20. The van der Waals surface area contributed by atoms with Gasteiger partial charge >= 0.3 is 5.97 Å². The van der Waals surface area contributed by atoms with Gasteiger partial charge in [-0.1, -0.05) is 0 Å². The van der Waals surface area contributed by atoms with Crippen molar-refractivity contribution in [3.05, 3.63) is 53.9 Å². The molecule has 2 N–H and O–H groups in total. The smallest absolute Gasteiger partial charge is 0.338 e. The minimum atomic E-state index is -0.391. The van der Waals surface area contributed by atoms with Crippen LogP contribution in [0.5, 0.6) is 5.75 Å². The molecule has 2 rings (SSSR count). The second kappa shape index (κ2) is 6.56. The largest absolute Gasteiger partial charge is 0.495 e. The van der Waals surface area contributed by atoms with Gasteiger partial charge in [0.15, 0.2) is 0 Å². The number of anilines is 1. The highest BCUT2D eigenvalue weighted by molar-refractivity contribution is 5.90. The SMILES string of the molecule is COc1cc(C(=O)OCCc2ccncc2)ccc1N. The third-order valence-electron chi connectivity index (χ3n) is 2.84. The summed E-state index contributed by atoms with van der Waals surface area (Å²) < 4.78 is 10.3. The summed E-state index contributed by atoms with van der Waals surface area (Å²) in [5.41, 5.74) is 7.67. The number of ether oxygens (including phenoxy) is 2. The molecule has 0 saturated carbocycles. The van der Waals surface area contributed by atoms with E-state index in [1.165, 1.54) is 7.11 Å². The predicted octanol–water partition coefficient (Wildman–Crippen LogP) is 2.07. The van der Waals surface area contributed by atoms with Crippen molar-refractivity contribution in [2.45, 2.75) is 6.42 Å². The van der Waals surface area contributed by atoms with Crippen LogP contribution in [0.2, 0.25) is 0 Å². The van der Waals surface area contributed by atoms with Crippen LogP contribution in [-0.2, 0) is 11.2 Å². The van der Waals surface area contributed by atoms with Crippen LogP contribution in [0.1, 0.15) is 15.9 Å². The first-order valence-corrected chi connectivity index (χ1v) is 6.20. The Labute approximate surface area is 117 Å². The van der Waals surface area contributed by atoms with E-state index in [-0.39, 0.29) is 0 Å². The number of esters is 1. The van der Waals surface area contributed by atoms with E-state index in [1.807, 2.05) is 12.1 Å². The molecule has 0 unspecified atom stereocenters. The van der Waals surface area contributed by atoms with Gasteiger partial charge in [-0.15, -0.1) is 0 Å². The van der Waals surface area contributed by atoms with Gasteiger partial charge in [0, 0.05) is 18.8 Å². The van der Waals surface area contributed by atoms with Crippen LogP contribution < -0.4 is 10.5 Å². The lowest BCUT2D eigenvalue weighted by Gasteiger charge is -2.08. The molecule has 0 bridgehead atoms. The third kappa shape index (κ3) is 3.47. The summed E-state index contributed by atoms with van der Waals surface area (Å²) in [5, 5.41) is 0. The molecule has 5 nitrogen and oxygen atoms in total. The zero-order chi connectivity index (χ0) is 14.4. The van der Waals surface area contributed by atoms with E-state index in [1.54, 1.807) is 30.6 Å². The number of hydrogen-bond donors (Lipinski definition) is 1. The molecule has 20 heavy (non-hydrogen) atoms. The van der Waals surface area contributed by atoms with Gasteiger partial charge in [0.25, 0.3) is 0 Å². The van der Waals surface area contributed by atoms with E-state index < -0.39 is 5.97 Å². The second-order valence-corrected chi connectivity index (χ2v) is 4.20. The van der Waals surface area contributed by atoms with Gasteiger partial charge in [0.1, 0.15) is 5.75 Å². The monoisotopic (exact) mass is 272 g/mol. The summed E-state index contributed by atoms with van der Waals surface area (Å²) in [6.45, 7) is 0.315. The van der Waals surface area contributed by atoms with Crippen LogP contribution in [0.15, 0.2) is 42.7 Å². The molecule has 0 amide bonds. The van der Waals surface area contributed by atoms with Crippen molar-refractivity contribution in [2.24, 2.45) is 0 Å². The zero-order valence-corrected chi connectivity index (χ0v) is 11.2. The molecular formula is C15H16N2O3. The maximum absolute atomic E-state index is 11.9. The molecule has 1 aromatic heterocycles. The Bertz CT molecular complexity index is 585. The maximum Gasteiger partial charge on any atom is 0.338 e. The van der Waals surface area contributed by atoms with Crippen molar-refractivity contribution in [1.29, 1.82) is 0 Å². The van der Waals surface area contributed by atoms with Gasteiger partial charge in [-0.2, -0.15) is 0 Å². The molecule has 5 heteroatoms. The average Bonchev–Trinajstić information content (AvgIpc) is 2.48. The van der Waals surface area contributed by atoms with Gasteiger partial charge in [-0.3, -0.25) is 4.98 Å². The first kappa shape index (κ1) is 13.9. The lowest BCUT2D eigenvalue weighted by molar-refractivity contribution is 0.0509. The zero-order valence-electron chi connectivity index (χ0n) is 11.2. The summed E-state index contributed by atoms with van der Waals surface area (Å²) in [6, 6.07) is 8.59. The number of nitrogen functional groups attached to an aromatic ring is 1. The highest BCUT2D eigenvalue weighted by atomic mass is 16.5. The highest BCUT2D eigenvalue weighted by Crippen LogP contribution is 2.22. The lowest BCUT2D eigenvalue weighted by Crippen LogP contribution is -2.08. The molecule has 0 radical (unpaired) electrons. The van der Waals surface area contributed by atoms with Crippen molar-refractivity contribution >= 4 is 11.7 Å². The van der Waals surface area contributed by atoms with E-state index in [9.17, 15) is 4.79 Å². The number of pyridine rings is 1. The Kier molecular flexibility index (Phi) is 4.55. The molecule has 0 aliphatic heterocycles. The Morgan fingerprint density at radius 2 is 2.00 bits per heavy atom. The van der Waals surface area contributed by atoms with Crippen molar-refractivity contribution in [3.8, 4) is 5.75 Å². The predicted molar refractivity (Wildman–Crippen MR) is 75.6 cm³/mol. The van der Waals surface area contributed by atoms with E-state index in [4.69, 9.17) is 15.2 Å². The minimum Gasteiger partial charge on any atom is -0.495 e. The number of benzene rings is 1. The summed E-state index contributed by atoms with van der Waals surface area (Å²) in [5.74, 6) is 0.0749. The molecule has 0 aliphatic rings. The van der Waals surface area contributed by atoms with Gasteiger partial charge in [-0.05, 0) is 35.9 Å². The number of carbonyl (C=O) groups excluding carboxylic acids is 1. The van der Waals surface area contributed by atoms with Crippen LogP contribution >= 0.6 is 0 Å². The molecule has 1 aromatic carbocycles. The summed E-state index contributed by atoms with van der Waals surface area (Å²) in [6.07, 6.45) is 4.07. The van der Waals surface area contributed by atoms with E-state index in [0.29, 0.717) is 30.0 Å². The average molecular weight is 272 g/mol. The summed E-state index contributed by atoms with van der Waals surface area (Å²) in [7, 11) is 1.50. The lowest BCUT2D eigenvalue weighted by atomic mass is 10.2. The molecule has 0 fully saturated rings. The Morgan fingerprint density at radius 1 is 1.25 bits per heavy atom. The van der Waals surface area contributed by atoms with E-state index >= 15 is 0 Å². The molecule has 1 heterocycles. The Hall–Kier alpha value is -2.56. The first-order chi connectivity index (χ1) is 9.70. The van der Waals surface area contributed by atoms with Gasteiger partial charge < -0.3 is 15.2 Å². The molecule has 0 aliphatic carbocycles. The van der Waals surface area contributed by atoms with E-state index in [0.717, 1.165) is 5.56 Å². The molecule has 0 atom stereocenters. The van der Waals surface area contributed by atoms with Crippen LogP contribution in [0, 0.1) is 0 Å². The maximum atomic E-state index is 11.9. The first-order valence-electron chi connectivity index (χ1n) is 6.20. The number of rotatable bonds is 5. The Balaban J connectivity index is 1.92. The molecule has 0 spiro atoms. The van der Waals surface area contributed by atoms with Gasteiger partial charge in [-0.25, -0.2) is 4.79 Å². The fraction of sp³-hybridized carbons (Fsp3) is 0.200. The van der Waals surface area contributed by atoms with Crippen molar-refractivity contribution in [3.63, 3.8) is 0 Å². The number of carbonyl (C=O) groups is 1. The van der Waals surface area contributed by atoms with E-state index in [2.05, 4.69) is 4.98 Å². The van der Waals surface area contributed by atoms with Crippen molar-refractivity contribution < 1.29 is 14.3 Å². The summed E-state index contributed by atoms with van der Waals surface area (Å²) in [4.78, 5) is 15.8. The number of aromatic nitrogens is 1. The minimum absolute atomic E-state index is 0.315. The molecular weight excluding hydrogens is 256 g/mol. The quantitative estimate of drug-likeness (QED) is 0.666. The van der Waals surface area contributed by atoms with Crippen molar-refractivity contribution in [1.82, 2.24) is 4.98 Å². The van der Waals surface area contributed by atoms with Crippen LogP contribution in [0.25, 0.3) is 0 Å². The number of hydrogen-bond acceptors (Lipinski definition) is 5. The summed E-state index contributed by atoms with van der Waals surface area (Å²) >= 11 is 0. The molecule has 2 aromatic rings.